The van der Waals surface area contributed by atoms with Gasteiger partial charge in [-0.1, -0.05) is 17.4 Å². The van der Waals surface area contributed by atoms with Crippen LogP contribution in [0.5, 0.6) is 0 Å². The van der Waals surface area contributed by atoms with Crippen molar-refractivity contribution in [3.63, 3.8) is 0 Å². The predicted octanol–water partition coefficient (Wildman–Crippen LogP) is 3.55. The molecule has 2 aromatic rings. The fourth-order valence-corrected chi connectivity index (χ4v) is 3.42. The number of hydrogen-bond donors (Lipinski definition) is 1. The lowest BCUT2D eigenvalue weighted by Crippen LogP contribution is -2.38. The van der Waals surface area contributed by atoms with Gasteiger partial charge in [0.05, 0.1) is 16.8 Å². The standard InChI is InChI=1S/C16H18FN3O2S/c1-10-7-14-13(8-12(10)17)18-15(23-14)19-16(21)20-5-3-11(4-6-20)9-22-2/h3,7-8H,4-6,9H2,1-2H3,(H,18,19,21). The Labute approximate surface area is 137 Å². The summed E-state index contributed by atoms with van der Waals surface area (Å²) in [5, 5.41) is 3.29. The molecule has 1 N–H and O–H groups in total. The molecule has 0 bridgehead atoms. The number of nitrogens with one attached hydrogen (secondary N) is 1. The van der Waals surface area contributed by atoms with E-state index >= 15 is 0 Å². The highest BCUT2D eigenvalue weighted by Crippen LogP contribution is 2.28. The molecule has 0 atom stereocenters. The molecule has 1 aromatic carbocycles. The minimum absolute atomic E-state index is 0.186. The van der Waals surface area contributed by atoms with Gasteiger partial charge in [0.15, 0.2) is 5.13 Å². The van der Waals surface area contributed by atoms with Gasteiger partial charge in [-0.2, -0.15) is 0 Å². The Balaban J connectivity index is 1.69. The van der Waals surface area contributed by atoms with Gasteiger partial charge >= 0.3 is 6.03 Å². The lowest BCUT2D eigenvalue weighted by atomic mass is 10.1. The van der Waals surface area contributed by atoms with E-state index in [-0.39, 0.29) is 11.8 Å². The van der Waals surface area contributed by atoms with Crippen molar-refractivity contribution in [2.45, 2.75) is 13.3 Å². The number of fused-ring (bicyclic) bond motifs is 1. The van der Waals surface area contributed by atoms with Gasteiger partial charge in [-0.25, -0.2) is 14.2 Å². The Kier molecular flexibility index (Phi) is 4.58. The molecule has 1 aliphatic rings. The lowest BCUT2D eigenvalue weighted by Gasteiger charge is -2.26. The number of nitrogens with zero attached hydrogens (tertiary/aromatic N) is 2. The molecule has 2 amide bonds. The highest BCUT2D eigenvalue weighted by Gasteiger charge is 2.18. The first-order valence-corrected chi connectivity index (χ1v) is 8.18. The molecule has 1 aliphatic heterocycles. The average Bonchev–Trinajstić information content (AvgIpc) is 2.90. The minimum Gasteiger partial charge on any atom is -0.380 e. The third kappa shape index (κ3) is 3.51. The number of aryl methyl sites for hydroxylation is 1. The highest BCUT2D eigenvalue weighted by atomic mass is 32.1. The van der Waals surface area contributed by atoms with Crippen LogP contribution in [0.2, 0.25) is 0 Å². The molecule has 0 fully saturated rings. The molecule has 0 spiro atoms. The largest absolute Gasteiger partial charge is 0.380 e. The first-order valence-electron chi connectivity index (χ1n) is 7.36. The molecule has 0 unspecified atom stereocenters. The van der Waals surface area contributed by atoms with E-state index in [1.54, 1.807) is 25.0 Å². The van der Waals surface area contributed by atoms with Gasteiger partial charge in [0.2, 0.25) is 0 Å². The van der Waals surface area contributed by atoms with Crippen molar-refractivity contribution in [2.75, 3.05) is 32.1 Å². The second kappa shape index (κ2) is 6.64. The Morgan fingerprint density at radius 3 is 3.04 bits per heavy atom. The third-order valence-corrected chi connectivity index (χ3v) is 4.74. The summed E-state index contributed by atoms with van der Waals surface area (Å²) in [6.45, 7) is 3.53. The summed E-state index contributed by atoms with van der Waals surface area (Å²) >= 11 is 1.35. The molecular weight excluding hydrogens is 317 g/mol. The van der Waals surface area contributed by atoms with Crippen LogP contribution in [0.3, 0.4) is 0 Å². The van der Waals surface area contributed by atoms with Crippen molar-refractivity contribution in [1.29, 1.82) is 0 Å². The number of halogens is 1. The number of anilines is 1. The summed E-state index contributed by atoms with van der Waals surface area (Å²) in [5.74, 6) is -0.285. The zero-order valence-corrected chi connectivity index (χ0v) is 13.9. The molecule has 7 heteroatoms. The first-order chi connectivity index (χ1) is 11.1. The van der Waals surface area contributed by atoms with Crippen LogP contribution in [0.1, 0.15) is 12.0 Å². The van der Waals surface area contributed by atoms with Gasteiger partial charge < -0.3 is 9.64 Å². The van der Waals surface area contributed by atoms with Gasteiger partial charge in [0.25, 0.3) is 0 Å². The number of carbonyl (C=O) groups is 1. The van der Waals surface area contributed by atoms with E-state index in [4.69, 9.17) is 4.74 Å². The topological polar surface area (TPSA) is 54.5 Å². The molecule has 0 saturated heterocycles. The van der Waals surface area contributed by atoms with Crippen LogP contribution in [0.4, 0.5) is 14.3 Å². The average molecular weight is 335 g/mol. The van der Waals surface area contributed by atoms with E-state index in [2.05, 4.69) is 10.3 Å². The van der Waals surface area contributed by atoms with Crippen molar-refractivity contribution in [1.82, 2.24) is 9.88 Å². The van der Waals surface area contributed by atoms with Crippen LogP contribution in [-0.2, 0) is 4.74 Å². The lowest BCUT2D eigenvalue weighted by molar-refractivity contribution is 0.203. The highest BCUT2D eigenvalue weighted by molar-refractivity contribution is 7.22. The number of methoxy groups -OCH3 is 1. The number of aromatic nitrogens is 1. The summed E-state index contributed by atoms with van der Waals surface area (Å²) < 4.78 is 19.5. The summed E-state index contributed by atoms with van der Waals surface area (Å²) in [6.07, 6.45) is 2.83. The molecule has 122 valence electrons. The molecule has 2 heterocycles. The van der Waals surface area contributed by atoms with E-state index in [0.717, 1.165) is 11.1 Å². The predicted molar refractivity (Wildman–Crippen MR) is 89.5 cm³/mol. The van der Waals surface area contributed by atoms with E-state index in [1.807, 2.05) is 6.08 Å². The second-order valence-corrected chi connectivity index (χ2v) is 6.54. The number of hydrogen-bond acceptors (Lipinski definition) is 4. The number of urea groups is 1. The van der Waals surface area contributed by atoms with Gasteiger partial charge in [-0.05, 0) is 30.5 Å². The molecule has 1 aromatic heterocycles. The maximum absolute atomic E-state index is 13.6. The zero-order chi connectivity index (χ0) is 16.4. The van der Waals surface area contributed by atoms with E-state index in [0.29, 0.717) is 35.9 Å². The molecule has 3 rings (SSSR count). The Morgan fingerprint density at radius 2 is 2.35 bits per heavy atom. The maximum atomic E-state index is 13.6. The fourth-order valence-electron chi connectivity index (χ4n) is 2.49. The first kappa shape index (κ1) is 15.9. The van der Waals surface area contributed by atoms with Crippen LogP contribution in [0.25, 0.3) is 10.2 Å². The number of ether oxygens (including phenoxy) is 1. The molecule has 5 nitrogen and oxygen atoms in total. The van der Waals surface area contributed by atoms with E-state index in [1.165, 1.54) is 23.0 Å². The van der Waals surface area contributed by atoms with Crippen LogP contribution in [-0.4, -0.2) is 42.7 Å². The Bertz CT molecular complexity index is 733. The van der Waals surface area contributed by atoms with Gasteiger partial charge in [-0.3, -0.25) is 5.32 Å². The number of carbonyl (C=O) groups excluding carboxylic acids is 1. The van der Waals surface area contributed by atoms with Crippen LogP contribution < -0.4 is 5.32 Å². The quantitative estimate of drug-likeness (QED) is 0.873. The number of benzene rings is 1. The van der Waals surface area contributed by atoms with E-state index in [9.17, 15) is 9.18 Å². The van der Waals surface area contributed by atoms with Crippen molar-refractivity contribution < 1.29 is 13.9 Å². The summed E-state index contributed by atoms with van der Waals surface area (Å²) in [7, 11) is 1.66. The Morgan fingerprint density at radius 1 is 1.52 bits per heavy atom. The van der Waals surface area contributed by atoms with Crippen molar-refractivity contribution in [3.05, 3.63) is 35.2 Å². The van der Waals surface area contributed by atoms with Gasteiger partial charge in [0.1, 0.15) is 5.82 Å². The third-order valence-electron chi connectivity index (χ3n) is 3.80. The second-order valence-electron chi connectivity index (χ2n) is 5.51. The van der Waals surface area contributed by atoms with Gasteiger partial charge in [-0.15, -0.1) is 0 Å². The number of rotatable bonds is 3. The minimum atomic E-state index is -0.285. The van der Waals surface area contributed by atoms with Crippen molar-refractivity contribution in [3.8, 4) is 0 Å². The van der Waals surface area contributed by atoms with Gasteiger partial charge in [0, 0.05) is 26.3 Å². The normalized spacial score (nSPS) is 14.9. The Hall–Kier alpha value is -1.99. The van der Waals surface area contributed by atoms with Crippen LogP contribution in [0.15, 0.2) is 23.8 Å². The van der Waals surface area contributed by atoms with E-state index < -0.39 is 0 Å². The summed E-state index contributed by atoms with van der Waals surface area (Å²) in [6, 6.07) is 2.96. The monoisotopic (exact) mass is 335 g/mol. The number of amides is 2. The smallest absolute Gasteiger partial charge is 0.323 e. The summed E-state index contributed by atoms with van der Waals surface area (Å²) in [4.78, 5) is 18.3. The van der Waals surface area contributed by atoms with Crippen molar-refractivity contribution in [2.24, 2.45) is 0 Å². The molecule has 0 radical (unpaired) electrons. The molecule has 0 aliphatic carbocycles. The maximum Gasteiger partial charge on any atom is 0.323 e. The SMILES string of the molecule is COCC1=CCN(C(=O)Nc2nc3cc(F)c(C)cc3s2)CC1. The van der Waals surface area contributed by atoms with Crippen molar-refractivity contribution >= 4 is 32.7 Å². The summed E-state index contributed by atoms with van der Waals surface area (Å²) in [5.41, 5.74) is 2.35. The molecule has 0 saturated carbocycles. The molecule has 23 heavy (non-hydrogen) atoms. The zero-order valence-electron chi connectivity index (χ0n) is 13.1. The number of thiazole rings is 1. The fraction of sp³-hybridized carbons (Fsp3) is 0.375. The molecular formula is C16H18FN3O2S. The van der Waals surface area contributed by atoms with Crippen LogP contribution in [0, 0.1) is 12.7 Å². The van der Waals surface area contributed by atoms with Crippen LogP contribution >= 0.6 is 11.3 Å².